The maximum absolute atomic E-state index is 10.7. The minimum Gasteiger partial charge on any atom is -0.496 e. The molecule has 0 spiro atoms. The molecule has 0 aliphatic rings. The Morgan fingerprint density at radius 2 is 2.21 bits per heavy atom. The predicted octanol–water partition coefficient (Wildman–Crippen LogP) is 1.27. The number of aromatic carboxylic acids is 1. The van der Waals surface area contributed by atoms with Crippen LogP contribution in [0.4, 0.5) is 0 Å². The van der Waals surface area contributed by atoms with Gasteiger partial charge in [0.15, 0.2) is 0 Å². The number of methoxy groups -OCH3 is 1. The Hall–Kier alpha value is -1.26. The van der Waals surface area contributed by atoms with Crippen LogP contribution in [0.1, 0.15) is 15.9 Å². The second-order valence-corrected chi connectivity index (χ2v) is 2.51. The lowest BCUT2D eigenvalue weighted by molar-refractivity contribution is 0.0693. The first-order chi connectivity index (χ1) is 6.20. The number of hydrogen-bond donors (Lipinski definition) is 2. The van der Waals surface area contributed by atoms with Gasteiger partial charge >= 0.3 is 5.97 Å². The molecule has 14 heavy (non-hydrogen) atoms. The summed E-state index contributed by atoms with van der Waals surface area (Å²) in [6, 6.07) is 4.87. The fraction of sp³-hybridized carbons (Fsp3) is 0.222. The lowest BCUT2D eigenvalue weighted by Gasteiger charge is -2.08. The molecule has 0 saturated carbocycles. The van der Waals surface area contributed by atoms with Gasteiger partial charge in [0.1, 0.15) is 11.3 Å². The Kier molecular flexibility index (Phi) is 4.97. The Morgan fingerprint density at radius 3 is 2.64 bits per heavy atom. The fourth-order valence-corrected chi connectivity index (χ4v) is 1.16. The third kappa shape index (κ3) is 2.37. The highest BCUT2D eigenvalue weighted by molar-refractivity contribution is 5.91. The Labute approximate surface area is 88.1 Å². The van der Waals surface area contributed by atoms with Gasteiger partial charge in [0, 0.05) is 12.1 Å². The molecule has 3 N–H and O–H groups in total. The van der Waals surface area contributed by atoms with E-state index in [2.05, 4.69) is 0 Å². The molecule has 1 aromatic rings. The Bertz CT molecular complexity index is 328. The summed E-state index contributed by atoms with van der Waals surface area (Å²) in [6.45, 7) is 0.268. The average Bonchev–Trinajstić information content (AvgIpc) is 2.16. The van der Waals surface area contributed by atoms with E-state index in [-0.39, 0.29) is 24.5 Å². The van der Waals surface area contributed by atoms with Crippen LogP contribution < -0.4 is 10.5 Å². The van der Waals surface area contributed by atoms with E-state index in [1.54, 1.807) is 12.1 Å². The number of carbonyl (C=O) groups is 1. The molecule has 1 aromatic carbocycles. The monoisotopic (exact) mass is 217 g/mol. The van der Waals surface area contributed by atoms with Gasteiger partial charge in [-0.3, -0.25) is 0 Å². The van der Waals surface area contributed by atoms with Crippen LogP contribution in [-0.2, 0) is 6.54 Å². The van der Waals surface area contributed by atoms with E-state index in [1.807, 2.05) is 0 Å². The zero-order chi connectivity index (χ0) is 9.84. The lowest BCUT2D eigenvalue weighted by Crippen LogP contribution is -2.06. The predicted molar refractivity (Wildman–Crippen MR) is 55.1 cm³/mol. The van der Waals surface area contributed by atoms with Gasteiger partial charge in [-0.25, -0.2) is 4.79 Å². The molecule has 0 bridgehead atoms. The molecular weight excluding hydrogens is 206 g/mol. The van der Waals surface area contributed by atoms with Crippen molar-refractivity contribution in [3.05, 3.63) is 29.3 Å². The quantitative estimate of drug-likeness (QED) is 0.800. The van der Waals surface area contributed by atoms with Gasteiger partial charge in [-0.05, 0) is 6.07 Å². The highest BCUT2D eigenvalue weighted by Crippen LogP contribution is 2.23. The van der Waals surface area contributed by atoms with Crippen molar-refractivity contribution in [3.63, 3.8) is 0 Å². The molecule has 1 rings (SSSR count). The topological polar surface area (TPSA) is 72.5 Å². The van der Waals surface area contributed by atoms with E-state index in [4.69, 9.17) is 15.6 Å². The molecule has 78 valence electrons. The minimum atomic E-state index is -1.01. The van der Waals surface area contributed by atoms with Crippen molar-refractivity contribution < 1.29 is 14.6 Å². The second kappa shape index (κ2) is 5.47. The highest BCUT2D eigenvalue weighted by Gasteiger charge is 2.12. The number of halogens is 1. The van der Waals surface area contributed by atoms with Gasteiger partial charge in [0.25, 0.3) is 0 Å². The van der Waals surface area contributed by atoms with Crippen molar-refractivity contribution in [2.75, 3.05) is 7.11 Å². The molecule has 0 amide bonds. The highest BCUT2D eigenvalue weighted by atomic mass is 35.5. The number of nitrogens with two attached hydrogens (primary N) is 1. The molecule has 0 radical (unpaired) electrons. The largest absolute Gasteiger partial charge is 0.496 e. The molecule has 0 fully saturated rings. The summed E-state index contributed by atoms with van der Waals surface area (Å²) in [5, 5.41) is 8.80. The first-order valence-corrected chi connectivity index (χ1v) is 3.80. The van der Waals surface area contributed by atoms with Crippen LogP contribution in [0, 0.1) is 0 Å². The van der Waals surface area contributed by atoms with E-state index in [1.165, 1.54) is 13.2 Å². The summed E-state index contributed by atoms with van der Waals surface area (Å²) in [5.41, 5.74) is 6.26. The second-order valence-electron chi connectivity index (χ2n) is 2.51. The third-order valence-corrected chi connectivity index (χ3v) is 1.75. The standard InChI is InChI=1S/C9H11NO3.ClH/c1-13-8-6(5-10)3-2-4-7(8)9(11)12;/h2-4H,5,10H2,1H3,(H,11,12);1H. The Balaban J connectivity index is 0.00000169. The van der Waals surface area contributed by atoms with Crippen LogP contribution in [0.2, 0.25) is 0 Å². The van der Waals surface area contributed by atoms with E-state index < -0.39 is 5.97 Å². The molecular formula is C9H12ClNO3. The summed E-state index contributed by atoms with van der Waals surface area (Å²) < 4.78 is 4.97. The summed E-state index contributed by atoms with van der Waals surface area (Å²) >= 11 is 0. The van der Waals surface area contributed by atoms with Crippen LogP contribution in [-0.4, -0.2) is 18.2 Å². The van der Waals surface area contributed by atoms with Crippen LogP contribution in [0.3, 0.4) is 0 Å². The van der Waals surface area contributed by atoms with Crippen LogP contribution >= 0.6 is 12.4 Å². The Morgan fingerprint density at radius 1 is 1.57 bits per heavy atom. The lowest BCUT2D eigenvalue weighted by atomic mass is 10.1. The van der Waals surface area contributed by atoms with Crippen molar-refractivity contribution in [2.45, 2.75) is 6.54 Å². The van der Waals surface area contributed by atoms with Crippen molar-refractivity contribution in [1.82, 2.24) is 0 Å². The molecule has 0 atom stereocenters. The molecule has 5 heteroatoms. The van der Waals surface area contributed by atoms with Gasteiger partial charge in [-0.2, -0.15) is 0 Å². The first-order valence-electron chi connectivity index (χ1n) is 3.80. The zero-order valence-corrected chi connectivity index (χ0v) is 8.50. The number of rotatable bonds is 3. The maximum Gasteiger partial charge on any atom is 0.339 e. The van der Waals surface area contributed by atoms with E-state index in [0.29, 0.717) is 11.3 Å². The number of hydrogen-bond acceptors (Lipinski definition) is 3. The summed E-state index contributed by atoms with van der Waals surface area (Å²) in [4.78, 5) is 10.7. The van der Waals surface area contributed by atoms with Crippen molar-refractivity contribution in [1.29, 1.82) is 0 Å². The fourth-order valence-electron chi connectivity index (χ4n) is 1.16. The molecule has 0 aliphatic carbocycles. The smallest absolute Gasteiger partial charge is 0.339 e. The number of para-hydroxylation sites is 1. The van der Waals surface area contributed by atoms with Crippen LogP contribution in [0.25, 0.3) is 0 Å². The molecule has 0 aliphatic heterocycles. The molecule has 4 nitrogen and oxygen atoms in total. The van der Waals surface area contributed by atoms with Gasteiger partial charge < -0.3 is 15.6 Å². The summed E-state index contributed by atoms with van der Waals surface area (Å²) in [7, 11) is 1.43. The van der Waals surface area contributed by atoms with Gasteiger partial charge in [0.2, 0.25) is 0 Å². The molecule has 0 unspecified atom stereocenters. The number of benzene rings is 1. The minimum absolute atomic E-state index is 0. The van der Waals surface area contributed by atoms with E-state index >= 15 is 0 Å². The normalized spacial score (nSPS) is 9.00. The number of ether oxygens (including phenoxy) is 1. The molecule has 0 heterocycles. The van der Waals surface area contributed by atoms with E-state index in [9.17, 15) is 4.79 Å². The molecule has 0 aromatic heterocycles. The summed E-state index contributed by atoms with van der Waals surface area (Å²) in [5.74, 6) is -0.662. The van der Waals surface area contributed by atoms with Crippen molar-refractivity contribution in [2.24, 2.45) is 5.73 Å². The SMILES string of the molecule is COc1c(CN)cccc1C(=O)O.Cl. The zero-order valence-electron chi connectivity index (χ0n) is 7.69. The number of carboxylic acid groups (broad SMARTS) is 1. The van der Waals surface area contributed by atoms with Crippen molar-refractivity contribution >= 4 is 18.4 Å². The van der Waals surface area contributed by atoms with Gasteiger partial charge in [0.05, 0.1) is 7.11 Å². The maximum atomic E-state index is 10.7. The third-order valence-electron chi connectivity index (χ3n) is 1.75. The first kappa shape index (κ1) is 12.7. The number of carboxylic acids is 1. The van der Waals surface area contributed by atoms with Gasteiger partial charge in [-0.1, -0.05) is 12.1 Å². The average molecular weight is 218 g/mol. The summed E-state index contributed by atoms with van der Waals surface area (Å²) in [6.07, 6.45) is 0. The molecule has 0 saturated heterocycles. The van der Waals surface area contributed by atoms with E-state index in [0.717, 1.165) is 0 Å². The van der Waals surface area contributed by atoms with Gasteiger partial charge in [-0.15, -0.1) is 12.4 Å². The van der Waals surface area contributed by atoms with Crippen molar-refractivity contribution in [3.8, 4) is 5.75 Å². The van der Waals surface area contributed by atoms with Crippen LogP contribution in [0.15, 0.2) is 18.2 Å². The van der Waals surface area contributed by atoms with Crippen LogP contribution in [0.5, 0.6) is 5.75 Å².